The van der Waals surface area contributed by atoms with Crippen molar-refractivity contribution in [2.24, 2.45) is 0 Å². The van der Waals surface area contributed by atoms with Crippen LogP contribution in [0.4, 0.5) is 0 Å². The Bertz CT molecular complexity index is 568. The standard InChI is InChI=1S/C17H22N2O2/c1-12-7-13(2)9-14(8-12)10-19-11-15(20)18-17(16(19)21)5-3-4-6-17/h7-9H,3-6,10-11H2,1-2H3,(H,18,20). The molecule has 1 saturated carbocycles. The minimum Gasteiger partial charge on any atom is -0.340 e. The second kappa shape index (κ2) is 5.17. The van der Waals surface area contributed by atoms with E-state index in [0.717, 1.165) is 31.2 Å². The maximum absolute atomic E-state index is 12.8. The summed E-state index contributed by atoms with van der Waals surface area (Å²) in [5.74, 6) is 0.0691. The summed E-state index contributed by atoms with van der Waals surface area (Å²) in [6.07, 6.45) is 3.59. The Balaban J connectivity index is 1.83. The SMILES string of the molecule is Cc1cc(C)cc(CN2CC(=O)NC3(CCCC3)C2=O)c1. The molecule has 4 nitrogen and oxygen atoms in total. The number of hydrogen-bond acceptors (Lipinski definition) is 2. The van der Waals surface area contributed by atoms with E-state index in [1.54, 1.807) is 4.90 Å². The molecular weight excluding hydrogens is 264 g/mol. The summed E-state index contributed by atoms with van der Waals surface area (Å²) in [7, 11) is 0. The van der Waals surface area contributed by atoms with Crippen LogP contribution in [-0.4, -0.2) is 28.8 Å². The van der Waals surface area contributed by atoms with Gasteiger partial charge in [0.2, 0.25) is 11.8 Å². The van der Waals surface area contributed by atoms with Crippen molar-refractivity contribution in [3.63, 3.8) is 0 Å². The topological polar surface area (TPSA) is 49.4 Å². The summed E-state index contributed by atoms with van der Waals surface area (Å²) in [5, 5.41) is 2.95. The van der Waals surface area contributed by atoms with Crippen LogP contribution >= 0.6 is 0 Å². The summed E-state index contributed by atoms with van der Waals surface area (Å²) in [6, 6.07) is 6.30. The molecule has 2 aliphatic rings. The van der Waals surface area contributed by atoms with Crippen LogP contribution in [0.15, 0.2) is 18.2 Å². The van der Waals surface area contributed by atoms with Gasteiger partial charge in [-0.3, -0.25) is 9.59 Å². The summed E-state index contributed by atoms with van der Waals surface area (Å²) in [6.45, 7) is 4.81. The van der Waals surface area contributed by atoms with Gasteiger partial charge in [-0.25, -0.2) is 0 Å². The molecule has 0 unspecified atom stereocenters. The second-order valence-electron chi connectivity index (χ2n) is 6.49. The van der Waals surface area contributed by atoms with Gasteiger partial charge in [0.1, 0.15) is 5.54 Å². The lowest BCUT2D eigenvalue weighted by atomic mass is 9.92. The van der Waals surface area contributed by atoms with E-state index in [-0.39, 0.29) is 18.4 Å². The zero-order valence-electron chi connectivity index (χ0n) is 12.7. The minimum absolute atomic E-state index is 0.0270. The average molecular weight is 286 g/mol. The van der Waals surface area contributed by atoms with Crippen LogP contribution in [0.2, 0.25) is 0 Å². The Labute approximate surface area is 125 Å². The van der Waals surface area contributed by atoms with Gasteiger partial charge in [0.15, 0.2) is 0 Å². The Hall–Kier alpha value is -1.84. The highest BCUT2D eigenvalue weighted by atomic mass is 16.2. The molecule has 3 rings (SSSR count). The van der Waals surface area contributed by atoms with Crippen molar-refractivity contribution >= 4 is 11.8 Å². The maximum atomic E-state index is 12.8. The monoisotopic (exact) mass is 286 g/mol. The first kappa shape index (κ1) is 14.1. The molecule has 1 heterocycles. The molecule has 4 heteroatoms. The Morgan fingerprint density at radius 1 is 1.10 bits per heavy atom. The van der Waals surface area contributed by atoms with Gasteiger partial charge in [0.25, 0.3) is 0 Å². The van der Waals surface area contributed by atoms with Crippen molar-refractivity contribution in [2.45, 2.75) is 51.6 Å². The Kier molecular flexibility index (Phi) is 3.47. The zero-order valence-corrected chi connectivity index (χ0v) is 12.7. The third kappa shape index (κ3) is 2.67. The number of rotatable bonds is 2. The molecule has 1 spiro atoms. The van der Waals surface area contributed by atoms with E-state index in [1.807, 2.05) is 0 Å². The van der Waals surface area contributed by atoms with E-state index in [0.29, 0.717) is 6.54 Å². The quantitative estimate of drug-likeness (QED) is 0.905. The number of aryl methyl sites for hydroxylation is 2. The highest BCUT2D eigenvalue weighted by Crippen LogP contribution is 2.33. The summed E-state index contributed by atoms with van der Waals surface area (Å²) < 4.78 is 0. The van der Waals surface area contributed by atoms with Gasteiger partial charge in [0.05, 0.1) is 6.54 Å². The van der Waals surface area contributed by atoms with Gasteiger partial charge >= 0.3 is 0 Å². The number of amides is 2. The normalized spacial score (nSPS) is 21.0. The molecule has 1 aliphatic carbocycles. The lowest BCUT2D eigenvalue weighted by Crippen LogP contribution is -2.65. The summed E-state index contributed by atoms with van der Waals surface area (Å²) >= 11 is 0. The highest BCUT2D eigenvalue weighted by molar-refractivity contribution is 5.98. The molecule has 2 amide bonds. The fourth-order valence-corrected chi connectivity index (χ4v) is 3.73. The molecule has 0 bridgehead atoms. The molecule has 1 aliphatic heterocycles. The van der Waals surface area contributed by atoms with Crippen molar-refractivity contribution in [3.05, 3.63) is 34.9 Å². The first-order valence-corrected chi connectivity index (χ1v) is 7.66. The van der Waals surface area contributed by atoms with Crippen LogP contribution < -0.4 is 5.32 Å². The smallest absolute Gasteiger partial charge is 0.249 e. The fourth-order valence-electron chi connectivity index (χ4n) is 3.73. The predicted octanol–water partition coefficient (Wildman–Crippen LogP) is 2.07. The van der Waals surface area contributed by atoms with E-state index < -0.39 is 5.54 Å². The largest absolute Gasteiger partial charge is 0.340 e. The highest BCUT2D eigenvalue weighted by Gasteiger charge is 2.48. The predicted molar refractivity (Wildman–Crippen MR) is 80.7 cm³/mol. The van der Waals surface area contributed by atoms with Gasteiger partial charge in [-0.15, -0.1) is 0 Å². The van der Waals surface area contributed by atoms with Crippen molar-refractivity contribution in [1.82, 2.24) is 10.2 Å². The van der Waals surface area contributed by atoms with E-state index >= 15 is 0 Å². The first-order valence-electron chi connectivity index (χ1n) is 7.66. The van der Waals surface area contributed by atoms with Crippen molar-refractivity contribution in [1.29, 1.82) is 0 Å². The molecule has 0 atom stereocenters. The Morgan fingerprint density at radius 2 is 1.71 bits per heavy atom. The average Bonchev–Trinajstić information content (AvgIpc) is 2.83. The van der Waals surface area contributed by atoms with Crippen LogP contribution in [0.5, 0.6) is 0 Å². The number of hydrogen-bond donors (Lipinski definition) is 1. The number of carbonyl (C=O) groups is 2. The maximum Gasteiger partial charge on any atom is 0.249 e. The van der Waals surface area contributed by atoms with E-state index in [9.17, 15) is 9.59 Å². The van der Waals surface area contributed by atoms with Gasteiger partial charge < -0.3 is 10.2 Å². The van der Waals surface area contributed by atoms with E-state index in [4.69, 9.17) is 0 Å². The van der Waals surface area contributed by atoms with Gasteiger partial charge in [-0.1, -0.05) is 42.2 Å². The molecule has 0 radical (unpaired) electrons. The first-order chi connectivity index (χ1) is 9.98. The zero-order chi connectivity index (χ0) is 15.0. The lowest BCUT2D eigenvalue weighted by molar-refractivity contribution is -0.150. The molecule has 112 valence electrons. The molecule has 21 heavy (non-hydrogen) atoms. The number of nitrogens with one attached hydrogen (secondary N) is 1. The summed E-state index contributed by atoms with van der Waals surface area (Å²) in [4.78, 5) is 26.5. The molecule has 0 aromatic heterocycles. The summed E-state index contributed by atoms with van der Waals surface area (Å²) in [5.41, 5.74) is 2.86. The number of piperazine rings is 1. The van der Waals surface area contributed by atoms with Gasteiger partial charge in [-0.2, -0.15) is 0 Å². The molecule has 2 fully saturated rings. The van der Waals surface area contributed by atoms with Crippen LogP contribution in [0, 0.1) is 13.8 Å². The Morgan fingerprint density at radius 3 is 2.33 bits per heavy atom. The molecule has 1 N–H and O–H groups in total. The van der Waals surface area contributed by atoms with Crippen molar-refractivity contribution in [2.75, 3.05) is 6.54 Å². The van der Waals surface area contributed by atoms with Crippen LogP contribution in [0.3, 0.4) is 0 Å². The third-order valence-corrected chi connectivity index (χ3v) is 4.52. The number of benzene rings is 1. The van der Waals surface area contributed by atoms with Crippen LogP contribution in [0.1, 0.15) is 42.4 Å². The minimum atomic E-state index is -0.617. The number of carbonyl (C=O) groups excluding carboxylic acids is 2. The van der Waals surface area contributed by atoms with Crippen LogP contribution in [0.25, 0.3) is 0 Å². The fraction of sp³-hybridized carbons (Fsp3) is 0.529. The van der Waals surface area contributed by atoms with E-state index in [2.05, 4.69) is 37.4 Å². The van der Waals surface area contributed by atoms with Gasteiger partial charge in [0, 0.05) is 6.54 Å². The number of nitrogens with zero attached hydrogens (tertiary/aromatic N) is 1. The molecular formula is C17H22N2O2. The van der Waals surface area contributed by atoms with Crippen molar-refractivity contribution in [3.8, 4) is 0 Å². The molecule has 1 saturated heterocycles. The lowest BCUT2D eigenvalue weighted by Gasteiger charge is -2.39. The van der Waals surface area contributed by atoms with E-state index in [1.165, 1.54) is 11.1 Å². The third-order valence-electron chi connectivity index (χ3n) is 4.52. The van der Waals surface area contributed by atoms with Gasteiger partial charge in [-0.05, 0) is 32.3 Å². The molecule has 1 aromatic carbocycles. The molecule has 1 aromatic rings. The van der Waals surface area contributed by atoms with Crippen molar-refractivity contribution < 1.29 is 9.59 Å². The second-order valence-corrected chi connectivity index (χ2v) is 6.49. The van der Waals surface area contributed by atoms with Crippen LogP contribution in [-0.2, 0) is 16.1 Å².